The maximum atomic E-state index is 12.8. The minimum atomic E-state index is 0.0610. The van der Waals surface area contributed by atoms with Gasteiger partial charge in [0.25, 0.3) is 5.91 Å². The summed E-state index contributed by atoms with van der Waals surface area (Å²) in [6.07, 6.45) is 0. The maximum Gasteiger partial charge on any atom is 0.253 e. The summed E-state index contributed by atoms with van der Waals surface area (Å²) in [5.41, 5.74) is 2.75. The van der Waals surface area contributed by atoms with Crippen LogP contribution in [0.2, 0.25) is 0 Å². The summed E-state index contributed by atoms with van der Waals surface area (Å²) in [5.74, 6) is 1.60. The van der Waals surface area contributed by atoms with E-state index in [9.17, 15) is 4.79 Å². The molecular formula is C21H21N3O2. The molecule has 2 atom stereocenters. The first-order valence-electron chi connectivity index (χ1n) is 8.87. The van der Waals surface area contributed by atoms with Gasteiger partial charge < -0.3 is 9.42 Å². The quantitative estimate of drug-likeness (QED) is 0.720. The van der Waals surface area contributed by atoms with Crippen LogP contribution in [0.3, 0.4) is 0 Å². The van der Waals surface area contributed by atoms with Gasteiger partial charge in [-0.1, -0.05) is 60.1 Å². The molecule has 1 amide bonds. The van der Waals surface area contributed by atoms with Crippen molar-refractivity contribution in [2.24, 2.45) is 5.92 Å². The largest absolute Gasteiger partial charge is 0.339 e. The van der Waals surface area contributed by atoms with E-state index >= 15 is 0 Å². The van der Waals surface area contributed by atoms with Gasteiger partial charge in [-0.2, -0.15) is 4.98 Å². The van der Waals surface area contributed by atoms with E-state index in [-0.39, 0.29) is 17.7 Å². The van der Waals surface area contributed by atoms with E-state index in [2.05, 4.69) is 17.1 Å². The second kappa shape index (κ2) is 6.75. The Morgan fingerprint density at radius 3 is 2.69 bits per heavy atom. The Morgan fingerprint density at radius 2 is 1.92 bits per heavy atom. The summed E-state index contributed by atoms with van der Waals surface area (Å²) >= 11 is 0. The van der Waals surface area contributed by atoms with Crippen molar-refractivity contribution in [3.05, 3.63) is 71.6 Å². The van der Waals surface area contributed by atoms with Crippen LogP contribution < -0.4 is 0 Å². The molecule has 4 rings (SSSR count). The molecule has 132 valence electrons. The number of benzene rings is 2. The van der Waals surface area contributed by atoms with Gasteiger partial charge in [0, 0.05) is 24.2 Å². The molecule has 1 aromatic heterocycles. The standard InChI is InChI=1S/C21H21N3O2/c1-14-7-6-10-17(11-14)21(25)24-12-15(2)18(13-24)20-22-19(23-26-20)16-8-4-3-5-9-16/h3-11,15,18H,12-13H2,1-2H3/t15-,18-/m0/s1. The molecule has 0 radical (unpaired) electrons. The number of carbonyl (C=O) groups is 1. The van der Waals surface area contributed by atoms with Gasteiger partial charge in [-0.3, -0.25) is 4.79 Å². The molecule has 2 aromatic carbocycles. The van der Waals surface area contributed by atoms with Gasteiger partial charge in [0.2, 0.25) is 11.7 Å². The van der Waals surface area contributed by atoms with Crippen molar-refractivity contribution in [2.75, 3.05) is 13.1 Å². The summed E-state index contributed by atoms with van der Waals surface area (Å²) in [6.45, 7) is 5.42. The summed E-state index contributed by atoms with van der Waals surface area (Å²) in [6, 6.07) is 17.5. The highest BCUT2D eigenvalue weighted by Gasteiger charge is 2.37. The van der Waals surface area contributed by atoms with Crippen molar-refractivity contribution < 1.29 is 9.32 Å². The SMILES string of the molecule is Cc1cccc(C(=O)N2C[C@H](c3nc(-c4ccccc4)no3)[C@@H](C)C2)c1. The van der Waals surface area contributed by atoms with Crippen molar-refractivity contribution >= 4 is 5.91 Å². The minimum absolute atomic E-state index is 0.0610. The highest BCUT2D eigenvalue weighted by Crippen LogP contribution is 2.33. The second-order valence-electron chi connectivity index (χ2n) is 6.99. The average Bonchev–Trinajstić information content (AvgIpc) is 3.28. The fraction of sp³-hybridized carbons (Fsp3) is 0.286. The zero-order chi connectivity index (χ0) is 18.1. The maximum absolute atomic E-state index is 12.8. The Morgan fingerprint density at radius 1 is 1.12 bits per heavy atom. The molecule has 1 saturated heterocycles. The van der Waals surface area contributed by atoms with Crippen LogP contribution in [0.4, 0.5) is 0 Å². The summed E-state index contributed by atoms with van der Waals surface area (Å²) < 4.78 is 5.53. The highest BCUT2D eigenvalue weighted by molar-refractivity contribution is 5.94. The number of hydrogen-bond donors (Lipinski definition) is 0. The van der Waals surface area contributed by atoms with Crippen LogP contribution in [0, 0.1) is 12.8 Å². The van der Waals surface area contributed by atoms with Crippen molar-refractivity contribution in [3.8, 4) is 11.4 Å². The Balaban J connectivity index is 1.52. The molecule has 0 spiro atoms. The predicted molar refractivity (Wildman–Crippen MR) is 98.7 cm³/mol. The van der Waals surface area contributed by atoms with Crippen LogP contribution >= 0.6 is 0 Å². The van der Waals surface area contributed by atoms with Crippen LogP contribution in [-0.2, 0) is 0 Å². The average molecular weight is 347 g/mol. The lowest BCUT2D eigenvalue weighted by atomic mass is 9.98. The molecule has 2 heterocycles. The smallest absolute Gasteiger partial charge is 0.253 e. The normalized spacial score (nSPS) is 19.7. The molecule has 0 bridgehead atoms. The molecule has 26 heavy (non-hydrogen) atoms. The number of rotatable bonds is 3. The molecule has 0 saturated carbocycles. The summed E-state index contributed by atoms with van der Waals surface area (Å²) in [5, 5.41) is 4.12. The summed E-state index contributed by atoms with van der Waals surface area (Å²) in [7, 11) is 0. The molecule has 1 fully saturated rings. The van der Waals surface area contributed by atoms with Crippen LogP contribution in [-0.4, -0.2) is 34.0 Å². The van der Waals surface area contributed by atoms with E-state index in [0.29, 0.717) is 24.8 Å². The molecule has 1 aliphatic rings. The number of aromatic nitrogens is 2. The number of carbonyl (C=O) groups excluding carboxylic acids is 1. The second-order valence-corrected chi connectivity index (χ2v) is 6.99. The third-order valence-corrected chi connectivity index (χ3v) is 4.96. The lowest BCUT2D eigenvalue weighted by molar-refractivity contribution is 0.0786. The zero-order valence-electron chi connectivity index (χ0n) is 14.9. The van der Waals surface area contributed by atoms with E-state index in [1.165, 1.54) is 0 Å². The third-order valence-electron chi connectivity index (χ3n) is 4.96. The Kier molecular flexibility index (Phi) is 4.29. The van der Waals surface area contributed by atoms with Gasteiger partial charge in [-0.15, -0.1) is 0 Å². The molecule has 0 N–H and O–H groups in total. The van der Waals surface area contributed by atoms with E-state index in [0.717, 1.165) is 16.7 Å². The highest BCUT2D eigenvalue weighted by atomic mass is 16.5. The Hall–Kier alpha value is -2.95. The first-order valence-corrected chi connectivity index (χ1v) is 8.87. The molecular weight excluding hydrogens is 326 g/mol. The lowest BCUT2D eigenvalue weighted by Crippen LogP contribution is -2.28. The van der Waals surface area contributed by atoms with Gasteiger partial charge in [-0.05, 0) is 25.0 Å². The van der Waals surface area contributed by atoms with Gasteiger partial charge in [-0.25, -0.2) is 0 Å². The van der Waals surface area contributed by atoms with Crippen molar-refractivity contribution in [2.45, 2.75) is 19.8 Å². The van der Waals surface area contributed by atoms with Crippen molar-refractivity contribution in [3.63, 3.8) is 0 Å². The van der Waals surface area contributed by atoms with E-state index in [1.807, 2.05) is 66.4 Å². The first kappa shape index (κ1) is 16.5. The fourth-order valence-electron chi connectivity index (χ4n) is 3.51. The molecule has 5 nitrogen and oxygen atoms in total. The van der Waals surface area contributed by atoms with Crippen LogP contribution in [0.1, 0.15) is 34.7 Å². The van der Waals surface area contributed by atoms with Gasteiger partial charge in [0.1, 0.15) is 0 Å². The van der Waals surface area contributed by atoms with Gasteiger partial charge >= 0.3 is 0 Å². The summed E-state index contributed by atoms with van der Waals surface area (Å²) in [4.78, 5) is 19.3. The first-order chi connectivity index (χ1) is 12.6. The fourth-order valence-corrected chi connectivity index (χ4v) is 3.51. The van der Waals surface area contributed by atoms with Crippen LogP contribution in [0.25, 0.3) is 11.4 Å². The van der Waals surface area contributed by atoms with Gasteiger partial charge in [0.15, 0.2) is 0 Å². The Bertz CT molecular complexity index is 920. The molecule has 1 aliphatic heterocycles. The minimum Gasteiger partial charge on any atom is -0.339 e. The topological polar surface area (TPSA) is 59.2 Å². The monoisotopic (exact) mass is 347 g/mol. The molecule has 3 aromatic rings. The third kappa shape index (κ3) is 3.12. The molecule has 5 heteroatoms. The van der Waals surface area contributed by atoms with E-state index in [1.54, 1.807) is 0 Å². The van der Waals surface area contributed by atoms with Crippen LogP contribution in [0.15, 0.2) is 59.1 Å². The number of likely N-dealkylation sites (tertiary alicyclic amines) is 1. The van der Waals surface area contributed by atoms with Crippen molar-refractivity contribution in [1.29, 1.82) is 0 Å². The van der Waals surface area contributed by atoms with Crippen LogP contribution in [0.5, 0.6) is 0 Å². The van der Waals surface area contributed by atoms with E-state index < -0.39 is 0 Å². The molecule has 0 aliphatic carbocycles. The Labute approximate surface area is 152 Å². The number of aryl methyl sites for hydroxylation is 1. The zero-order valence-corrected chi connectivity index (χ0v) is 14.9. The number of hydrogen-bond acceptors (Lipinski definition) is 4. The number of nitrogens with zero attached hydrogens (tertiary/aromatic N) is 3. The molecule has 0 unspecified atom stereocenters. The number of amides is 1. The predicted octanol–water partition coefficient (Wildman–Crippen LogP) is 3.92. The van der Waals surface area contributed by atoms with E-state index in [4.69, 9.17) is 4.52 Å². The van der Waals surface area contributed by atoms with Gasteiger partial charge in [0.05, 0.1) is 5.92 Å². The lowest BCUT2D eigenvalue weighted by Gasteiger charge is -2.16. The van der Waals surface area contributed by atoms with Crippen molar-refractivity contribution in [1.82, 2.24) is 15.0 Å².